The molecule has 3 rings (SSSR count). The fraction of sp³-hybridized carbons (Fsp3) is 0.227. The summed E-state index contributed by atoms with van der Waals surface area (Å²) in [4.78, 5) is 22.7. The SMILES string of the molecule is COc1ccc(CCNC(=O)c2ccc(COc3cc([N+](=O)[O-])ccc3Cl)o2)cc1OC. The minimum Gasteiger partial charge on any atom is -0.493 e. The number of furan rings is 1. The van der Waals surface area contributed by atoms with Crippen LogP contribution in [0.15, 0.2) is 52.9 Å². The summed E-state index contributed by atoms with van der Waals surface area (Å²) in [6.45, 7) is 0.351. The lowest BCUT2D eigenvalue weighted by Crippen LogP contribution is -2.25. The smallest absolute Gasteiger partial charge is 0.287 e. The molecule has 0 spiro atoms. The Morgan fingerprint density at radius 2 is 1.84 bits per heavy atom. The zero-order valence-corrected chi connectivity index (χ0v) is 18.2. The number of nitro benzene ring substituents is 1. The van der Waals surface area contributed by atoms with Gasteiger partial charge in [-0.15, -0.1) is 0 Å². The van der Waals surface area contributed by atoms with Crippen molar-refractivity contribution in [3.63, 3.8) is 0 Å². The number of methoxy groups -OCH3 is 2. The fourth-order valence-corrected chi connectivity index (χ4v) is 3.06. The van der Waals surface area contributed by atoms with E-state index in [0.29, 0.717) is 30.2 Å². The van der Waals surface area contributed by atoms with Crippen LogP contribution in [-0.4, -0.2) is 31.6 Å². The predicted molar refractivity (Wildman–Crippen MR) is 117 cm³/mol. The van der Waals surface area contributed by atoms with Crippen molar-refractivity contribution in [3.05, 3.63) is 80.8 Å². The van der Waals surface area contributed by atoms with Crippen molar-refractivity contribution < 1.29 is 28.3 Å². The molecule has 2 aromatic carbocycles. The number of non-ortho nitro benzene ring substituents is 1. The van der Waals surface area contributed by atoms with E-state index in [1.807, 2.05) is 18.2 Å². The van der Waals surface area contributed by atoms with Crippen LogP contribution in [0.4, 0.5) is 5.69 Å². The number of nitrogens with one attached hydrogen (secondary N) is 1. The molecule has 0 saturated carbocycles. The largest absolute Gasteiger partial charge is 0.493 e. The summed E-state index contributed by atoms with van der Waals surface area (Å²) < 4.78 is 21.5. The molecule has 0 aliphatic rings. The molecule has 0 atom stereocenters. The number of nitro groups is 1. The van der Waals surface area contributed by atoms with Crippen molar-refractivity contribution in [2.45, 2.75) is 13.0 Å². The number of ether oxygens (including phenoxy) is 3. The molecule has 0 radical (unpaired) electrons. The van der Waals surface area contributed by atoms with Crippen LogP contribution >= 0.6 is 11.6 Å². The molecular formula is C22H21ClN2O7. The van der Waals surface area contributed by atoms with E-state index in [2.05, 4.69) is 5.32 Å². The Morgan fingerprint density at radius 1 is 1.06 bits per heavy atom. The normalized spacial score (nSPS) is 10.5. The Balaban J connectivity index is 1.53. The van der Waals surface area contributed by atoms with Crippen molar-refractivity contribution in [2.75, 3.05) is 20.8 Å². The Bertz CT molecular complexity index is 1110. The van der Waals surface area contributed by atoms with E-state index in [0.717, 1.165) is 5.56 Å². The van der Waals surface area contributed by atoms with Gasteiger partial charge in [0.2, 0.25) is 0 Å². The Labute approximate surface area is 189 Å². The summed E-state index contributed by atoms with van der Waals surface area (Å²) in [5.41, 5.74) is 0.837. The minimum absolute atomic E-state index is 0.0419. The van der Waals surface area contributed by atoms with Crippen LogP contribution in [-0.2, 0) is 13.0 Å². The first-order valence-electron chi connectivity index (χ1n) is 9.56. The molecule has 9 nitrogen and oxygen atoms in total. The molecule has 1 heterocycles. The maximum absolute atomic E-state index is 12.3. The fourth-order valence-electron chi connectivity index (χ4n) is 2.89. The van der Waals surface area contributed by atoms with Gasteiger partial charge in [-0.1, -0.05) is 17.7 Å². The summed E-state index contributed by atoms with van der Waals surface area (Å²) in [7, 11) is 3.13. The second-order valence-electron chi connectivity index (χ2n) is 6.62. The van der Waals surface area contributed by atoms with Gasteiger partial charge < -0.3 is 23.9 Å². The molecule has 0 fully saturated rings. The van der Waals surface area contributed by atoms with E-state index in [9.17, 15) is 14.9 Å². The van der Waals surface area contributed by atoms with Gasteiger partial charge in [-0.05, 0) is 42.3 Å². The summed E-state index contributed by atoms with van der Waals surface area (Å²) in [5.74, 6) is 1.54. The van der Waals surface area contributed by atoms with E-state index in [-0.39, 0.29) is 34.7 Å². The molecule has 0 aliphatic heterocycles. The number of nitrogens with zero attached hydrogens (tertiary/aromatic N) is 1. The van der Waals surface area contributed by atoms with Gasteiger partial charge in [0.25, 0.3) is 11.6 Å². The number of hydrogen-bond donors (Lipinski definition) is 1. The molecule has 0 saturated heterocycles. The third kappa shape index (κ3) is 5.70. The zero-order chi connectivity index (χ0) is 23.1. The van der Waals surface area contributed by atoms with E-state index in [1.165, 1.54) is 24.3 Å². The summed E-state index contributed by atoms with van der Waals surface area (Å²) in [6.07, 6.45) is 0.591. The lowest BCUT2D eigenvalue weighted by Gasteiger charge is -2.10. The van der Waals surface area contributed by atoms with Gasteiger partial charge in [0.05, 0.1) is 30.2 Å². The van der Waals surface area contributed by atoms with Gasteiger partial charge in [0.1, 0.15) is 18.1 Å². The summed E-state index contributed by atoms with van der Waals surface area (Å²) in [6, 6.07) is 12.6. The van der Waals surface area contributed by atoms with E-state index in [1.54, 1.807) is 20.3 Å². The van der Waals surface area contributed by atoms with Gasteiger partial charge in [-0.2, -0.15) is 0 Å². The topological polar surface area (TPSA) is 113 Å². The van der Waals surface area contributed by atoms with Crippen molar-refractivity contribution >= 4 is 23.2 Å². The van der Waals surface area contributed by atoms with Crippen LogP contribution in [0.1, 0.15) is 21.9 Å². The molecule has 0 bridgehead atoms. The number of rotatable bonds is 10. The molecule has 0 unspecified atom stereocenters. The zero-order valence-electron chi connectivity index (χ0n) is 17.4. The van der Waals surface area contributed by atoms with E-state index >= 15 is 0 Å². The standard InChI is InChI=1S/C22H21ClN2O7/c1-29-18-7-3-14(11-21(18)30-2)9-10-24-22(26)19-8-5-16(32-19)13-31-20-12-15(25(27)28)4-6-17(20)23/h3-8,11-12H,9-10,13H2,1-2H3,(H,24,26). The lowest BCUT2D eigenvalue weighted by atomic mass is 10.1. The highest BCUT2D eigenvalue weighted by Crippen LogP contribution is 2.30. The van der Waals surface area contributed by atoms with Gasteiger partial charge in [0, 0.05) is 12.6 Å². The van der Waals surface area contributed by atoms with Crippen molar-refractivity contribution in [1.29, 1.82) is 0 Å². The number of carbonyl (C=O) groups excluding carboxylic acids is 1. The maximum atomic E-state index is 12.3. The van der Waals surface area contributed by atoms with Crippen LogP contribution in [0.5, 0.6) is 17.2 Å². The van der Waals surface area contributed by atoms with Crippen LogP contribution in [0.3, 0.4) is 0 Å². The molecule has 10 heteroatoms. The number of hydrogen-bond acceptors (Lipinski definition) is 7. The van der Waals surface area contributed by atoms with Crippen molar-refractivity contribution in [2.24, 2.45) is 0 Å². The average Bonchev–Trinajstić information content (AvgIpc) is 3.27. The number of benzene rings is 2. The first kappa shape index (κ1) is 23.0. The highest BCUT2D eigenvalue weighted by molar-refractivity contribution is 6.32. The quantitative estimate of drug-likeness (QED) is 0.352. The molecule has 3 aromatic rings. The van der Waals surface area contributed by atoms with E-state index in [4.69, 9.17) is 30.2 Å². The van der Waals surface area contributed by atoms with Crippen molar-refractivity contribution in [1.82, 2.24) is 5.32 Å². The van der Waals surface area contributed by atoms with Crippen LogP contribution in [0.25, 0.3) is 0 Å². The third-order valence-corrected chi connectivity index (χ3v) is 4.84. The van der Waals surface area contributed by atoms with Crippen LogP contribution < -0.4 is 19.5 Å². The Morgan fingerprint density at radius 3 is 2.56 bits per heavy atom. The first-order valence-corrected chi connectivity index (χ1v) is 9.93. The number of carbonyl (C=O) groups is 1. The van der Waals surface area contributed by atoms with Gasteiger partial charge >= 0.3 is 0 Å². The summed E-state index contributed by atoms with van der Waals surface area (Å²) in [5, 5.41) is 13.9. The Kier molecular flexibility index (Phi) is 7.56. The maximum Gasteiger partial charge on any atom is 0.287 e. The van der Waals surface area contributed by atoms with Gasteiger partial charge in [-0.3, -0.25) is 14.9 Å². The molecule has 1 aromatic heterocycles. The first-order chi connectivity index (χ1) is 15.4. The number of halogens is 1. The molecular weight excluding hydrogens is 440 g/mol. The van der Waals surface area contributed by atoms with Crippen molar-refractivity contribution in [3.8, 4) is 17.2 Å². The minimum atomic E-state index is -0.541. The highest BCUT2D eigenvalue weighted by Gasteiger charge is 2.14. The average molecular weight is 461 g/mol. The van der Waals surface area contributed by atoms with Gasteiger partial charge in [-0.25, -0.2) is 0 Å². The second kappa shape index (κ2) is 10.5. The Hall–Kier alpha value is -3.72. The van der Waals surface area contributed by atoms with Crippen LogP contribution in [0.2, 0.25) is 5.02 Å². The molecule has 1 amide bonds. The van der Waals surface area contributed by atoms with Gasteiger partial charge in [0.15, 0.2) is 17.3 Å². The van der Waals surface area contributed by atoms with Crippen LogP contribution in [0, 0.1) is 10.1 Å². The predicted octanol–water partition coefficient (Wildman–Crippen LogP) is 4.41. The second-order valence-corrected chi connectivity index (χ2v) is 7.03. The molecule has 168 valence electrons. The monoisotopic (exact) mass is 460 g/mol. The molecule has 32 heavy (non-hydrogen) atoms. The number of amides is 1. The molecule has 0 aliphatic carbocycles. The van der Waals surface area contributed by atoms with E-state index < -0.39 is 4.92 Å². The third-order valence-electron chi connectivity index (χ3n) is 4.53. The summed E-state index contributed by atoms with van der Waals surface area (Å²) >= 11 is 6.01. The molecule has 1 N–H and O–H groups in total. The highest BCUT2D eigenvalue weighted by atomic mass is 35.5. The lowest BCUT2D eigenvalue weighted by molar-refractivity contribution is -0.384.